The summed E-state index contributed by atoms with van der Waals surface area (Å²) in [6.07, 6.45) is 0.864. The van der Waals surface area contributed by atoms with Crippen molar-refractivity contribution in [2.24, 2.45) is 0 Å². The third-order valence-electron chi connectivity index (χ3n) is 3.64. The Hall–Kier alpha value is -3.02. The zero-order valence-corrected chi connectivity index (χ0v) is 15.1. The van der Waals surface area contributed by atoms with E-state index in [0.717, 1.165) is 0 Å². The molecule has 138 valence electrons. The average molecular weight is 384 g/mol. The van der Waals surface area contributed by atoms with Gasteiger partial charge in [-0.15, -0.1) is 0 Å². The van der Waals surface area contributed by atoms with Gasteiger partial charge >= 0.3 is 7.82 Å². The molecule has 0 radical (unpaired) electrons. The number of ether oxygens (including phenoxy) is 1. The maximum atomic E-state index is 13.3. The van der Waals surface area contributed by atoms with E-state index >= 15 is 0 Å². The molecule has 27 heavy (non-hydrogen) atoms. The Kier molecular flexibility index (Phi) is 4.96. The second-order valence-corrected chi connectivity index (χ2v) is 7.13. The number of hydrogen-bond donors (Lipinski definition) is 1. The lowest BCUT2D eigenvalue weighted by Gasteiger charge is -2.28. The largest absolute Gasteiger partial charge is 0.589 e. The van der Waals surface area contributed by atoms with Crippen molar-refractivity contribution >= 4 is 13.6 Å². The van der Waals surface area contributed by atoms with Gasteiger partial charge in [-0.25, -0.2) is 14.1 Å². The molecule has 0 saturated carbocycles. The van der Waals surface area contributed by atoms with Gasteiger partial charge in [0, 0.05) is 6.20 Å². The Bertz CT molecular complexity index is 894. The van der Waals surface area contributed by atoms with Gasteiger partial charge in [-0.1, -0.05) is 36.4 Å². The summed E-state index contributed by atoms with van der Waals surface area (Å²) in [7, 11) is -4.01. The minimum atomic E-state index is -4.01. The molecule has 2 heterocycles. The summed E-state index contributed by atoms with van der Waals surface area (Å²) in [5.41, 5.74) is 0. The van der Waals surface area contributed by atoms with Gasteiger partial charge in [-0.3, -0.25) is 0 Å². The maximum Gasteiger partial charge on any atom is 0.589 e. The van der Waals surface area contributed by atoms with Gasteiger partial charge in [0.05, 0.1) is 0 Å². The van der Waals surface area contributed by atoms with Crippen LogP contribution in [-0.2, 0) is 9.09 Å². The molecule has 1 aliphatic heterocycles. The first kappa shape index (κ1) is 17.4. The first-order chi connectivity index (χ1) is 13.2. The molecular weight excluding hydrogens is 367 g/mol. The number of phosphoric acid groups is 1. The third kappa shape index (κ3) is 4.39. The molecule has 1 N–H and O–H groups in total. The predicted octanol–water partition coefficient (Wildman–Crippen LogP) is 4.49. The Morgan fingerprint density at radius 2 is 1.56 bits per heavy atom. The van der Waals surface area contributed by atoms with Gasteiger partial charge in [0.25, 0.3) is 0 Å². The van der Waals surface area contributed by atoms with E-state index in [0.29, 0.717) is 23.1 Å². The normalized spacial score (nSPS) is 15.8. The highest BCUT2D eigenvalue weighted by atomic mass is 31.2. The van der Waals surface area contributed by atoms with Crippen molar-refractivity contribution in [2.45, 2.75) is 6.23 Å². The van der Waals surface area contributed by atoms with Crippen molar-refractivity contribution in [3.8, 4) is 17.2 Å². The van der Waals surface area contributed by atoms with Crippen LogP contribution in [0.15, 0.2) is 79.0 Å². The second-order valence-electron chi connectivity index (χ2n) is 5.66. The summed E-state index contributed by atoms with van der Waals surface area (Å²) in [6.45, 7) is 0.124. The van der Waals surface area contributed by atoms with Crippen LogP contribution in [0.5, 0.6) is 17.2 Å². The number of para-hydroxylation sites is 2. The zero-order chi connectivity index (χ0) is 18.5. The number of aromatic nitrogens is 1. The van der Waals surface area contributed by atoms with Crippen LogP contribution in [0.4, 0.5) is 5.82 Å². The molecule has 0 bridgehead atoms. The average Bonchev–Trinajstić information content (AvgIpc) is 2.69. The molecule has 1 atom stereocenters. The van der Waals surface area contributed by atoms with E-state index in [-0.39, 0.29) is 6.61 Å². The van der Waals surface area contributed by atoms with Crippen molar-refractivity contribution in [3.05, 3.63) is 79.0 Å². The predicted molar refractivity (Wildman–Crippen MR) is 100.0 cm³/mol. The van der Waals surface area contributed by atoms with E-state index in [2.05, 4.69) is 10.3 Å². The monoisotopic (exact) mass is 384 g/mol. The molecule has 0 fully saturated rings. The Labute approximate surface area is 156 Å². The number of benzene rings is 2. The van der Waals surface area contributed by atoms with E-state index in [1.807, 2.05) is 12.1 Å². The SMILES string of the molecule is O=P(Oc1ccccc1)(Oc1ccccc1)OC1COc2cccnc2N1. The molecule has 8 heteroatoms. The zero-order valence-electron chi connectivity index (χ0n) is 14.2. The lowest BCUT2D eigenvalue weighted by Crippen LogP contribution is -2.34. The summed E-state index contributed by atoms with van der Waals surface area (Å²) < 4.78 is 35.8. The summed E-state index contributed by atoms with van der Waals surface area (Å²) in [5, 5.41) is 3.03. The van der Waals surface area contributed by atoms with Crippen molar-refractivity contribution in [1.82, 2.24) is 4.98 Å². The van der Waals surface area contributed by atoms with E-state index < -0.39 is 14.1 Å². The number of fused-ring (bicyclic) bond motifs is 1. The number of phosphoric ester groups is 1. The van der Waals surface area contributed by atoms with Crippen LogP contribution in [0.1, 0.15) is 0 Å². The number of nitrogens with one attached hydrogen (secondary N) is 1. The quantitative estimate of drug-likeness (QED) is 0.627. The Morgan fingerprint density at radius 3 is 2.19 bits per heavy atom. The Balaban J connectivity index is 1.55. The van der Waals surface area contributed by atoms with Crippen LogP contribution in [0.3, 0.4) is 0 Å². The van der Waals surface area contributed by atoms with Crippen molar-refractivity contribution in [1.29, 1.82) is 0 Å². The number of anilines is 1. The van der Waals surface area contributed by atoms with Gasteiger partial charge in [0.15, 0.2) is 17.8 Å². The molecule has 3 aromatic rings. The highest BCUT2D eigenvalue weighted by Crippen LogP contribution is 2.51. The number of hydrogen-bond acceptors (Lipinski definition) is 7. The summed E-state index contributed by atoms with van der Waals surface area (Å²) in [4.78, 5) is 4.18. The summed E-state index contributed by atoms with van der Waals surface area (Å²) in [6, 6.07) is 21.0. The number of rotatable bonds is 6. The van der Waals surface area contributed by atoms with E-state index in [4.69, 9.17) is 18.3 Å². The van der Waals surface area contributed by atoms with Crippen molar-refractivity contribution < 1.29 is 22.9 Å². The fourth-order valence-electron chi connectivity index (χ4n) is 2.47. The number of pyridine rings is 1. The molecule has 1 unspecified atom stereocenters. The van der Waals surface area contributed by atoms with Crippen LogP contribution in [-0.4, -0.2) is 17.8 Å². The Morgan fingerprint density at radius 1 is 0.926 bits per heavy atom. The molecule has 1 aliphatic rings. The van der Waals surface area contributed by atoms with E-state index in [9.17, 15) is 4.57 Å². The fourth-order valence-corrected chi connectivity index (χ4v) is 3.78. The molecule has 0 amide bonds. The molecule has 0 aliphatic carbocycles. The lowest BCUT2D eigenvalue weighted by molar-refractivity contribution is 0.105. The van der Waals surface area contributed by atoms with Gasteiger partial charge in [-0.2, -0.15) is 0 Å². The highest BCUT2D eigenvalue weighted by Gasteiger charge is 2.36. The molecule has 0 spiro atoms. The van der Waals surface area contributed by atoms with Gasteiger partial charge in [-0.05, 0) is 36.4 Å². The van der Waals surface area contributed by atoms with E-state index in [1.165, 1.54) is 0 Å². The third-order valence-corrected chi connectivity index (χ3v) is 5.02. The minimum Gasteiger partial charge on any atom is -0.485 e. The smallest absolute Gasteiger partial charge is 0.485 e. The molecule has 7 nitrogen and oxygen atoms in total. The van der Waals surface area contributed by atoms with Crippen LogP contribution in [0, 0.1) is 0 Å². The molecule has 0 saturated heterocycles. The summed E-state index contributed by atoms with van der Waals surface area (Å²) >= 11 is 0. The van der Waals surface area contributed by atoms with Crippen LogP contribution in [0.25, 0.3) is 0 Å². The topological polar surface area (TPSA) is 78.9 Å². The summed E-state index contributed by atoms with van der Waals surface area (Å²) in [5.74, 6) is 1.83. The van der Waals surface area contributed by atoms with Crippen LogP contribution >= 0.6 is 7.82 Å². The first-order valence-electron chi connectivity index (χ1n) is 8.32. The lowest BCUT2D eigenvalue weighted by atomic mass is 10.3. The van der Waals surface area contributed by atoms with Gasteiger partial charge in [0.2, 0.25) is 0 Å². The van der Waals surface area contributed by atoms with Gasteiger partial charge in [0.1, 0.15) is 18.1 Å². The molecule has 4 rings (SSSR count). The molecular formula is C19H17N2O5P. The van der Waals surface area contributed by atoms with Crippen molar-refractivity contribution in [3.63, 3.8) is 0 Å². The van der Waals surface area contributed by atoms with Crippen LogP contribution < -0.4 is 19.1 Å². The van der Waals surface area contributed by atoms with E-state index in [1.54, 1.807) is 66.9 Å². The number of nitrogens with zero attached hydrogens (tertiary/aromatic N) is 1. The molecule has 2 aromatic carbocycles. The maximum absolute atomic E-state index is 13.3. The second kappa shape index (κ2) is 7.70. The molecule has 1 aromatic heterocycles. The van der Waals surface area contributed by atoms with Crippen LogP contribution in [0.2, 0.25) is 0 Å². The first-order valence-corrected chi connectivity index (χ1v) is 9.78. The fraction of sp³-hybridized carbons (Fsp3) is 0.105. The minimum absolute atomic E-state index is 0.124. The van der Waals surface area contributed by atoms with Crippen molar-refractivity contribution in [2.75, 3.05) is 11.9 Å². The highest BCUT2D eigenvalue weighted by molar-refractivity contribution is 7.49. The van der Waals surface area contributed by atoms with Gasteiger partial charge < -0.3 is 19.1 Å². The standard InChI is InChI=1S/C19H17N2O5P/c22-27(24-15-8-3-1-4-9-15,25-16-10-5-2-6-11-16)26-18-14-23-17-12-7-13-20-19(17)21-18/h1-13,18H,14H2,(H,20,21).